The monoisotopic (exact) mass is 339 g/mol. The molecule has 1 aliphatic heterocycles. The van der Waals surface area contributed by atoms with Gasteiger partial charge in [-0.2, -0.15) is 0 Å². The van der Waals surface area contributed by atoms with Crippen molar-refractivity contribution in [1.82, 2.24) is 5.32 Å². The fourth-order valence-corrected chi connectivity index (χ4v) is 3.18. The van der Waals surface area contributed by atoms with Crippen molar-refractivity contribution in [3.05, 3.63) is 58.7 Å². The van der Waals surface area contributed by atoms with Crippen molar-refractivity contribution in [3.63, 3.8) is 0 Å². The van der Waals surface area contributed by atoms with Gasteiger partial charge in [0.15, 0.2) is 11.5 Å². The molecule has 0 saturated carbocycles. The van der Waals surface area contributed by atoms with Crippen LogP contribution in [0.3, 0.4) is 0 Å². The molecule has 1 amide bonds. The molecule has 1 atom stereocenters. The highest BCUT2D eigenvalue weighted by molar-refractivity contribution is 5.96. The van der Waals surface area contributed by atoms with Gasteiger partial charge in [-0.05, 0) is 49.1 Å². The normalized spacial score (nSPS) is 14.3. The summed E-state index contributed by atoms with van der Waals surface area (Å²) in [6.45, 7) is 9.33. The van der Waals surface area contributed by atoms with Crippen LogP contribution in [0.15, 0.2) is 36.4 Å². The van der Waals surface area contributed by atoms with E-state index in [-0.39, 0.29) is 17.9 Å². The number of rotatable bonds is 4. The molecule has 0 saturated heterocycles. The number of carbonyl (C=O) groups excluding carboxylic acids is 1. The van der Waals surface area contributed by atoms with E-state index in [1.165, 1.54) is 0 Å². The van der Waals surface area contributed by atoms with Gasteiger partial charge in [0.05, 0.1) is 6.04 Å². The first-order chi connectivity index (χ1) is 12.0. The molecule has 3 rings (SSSR count). The van der Waals surface area contributed by atoms with Crippen molar-refractivity contribution in [2.75, 3.05) is 13.2 Å². The van der Waals surface area contributed by atoms with Gasteiger partial charge >= 0.3 is 0 Å². The van der Waals surface area contributed by atoms with E-state index in [1.54, 1.807) is 0 Å². The Labute approximate surface area is 149 Å². The average molecular weight is 339 g/mol. The van der Waals surface area contributed by atoms with E-state index in [9.17, 15) is 4.79 Å². The fraction of sp³-hybridized carbons (Fsp3) is 0.381. The molecule has 0 aliphatic carbocycles. The summed E-state index contributed by atoms with van der Waals surface area (Å²) in [6.07, 6.45) is 0. The smallest absolute Gasteiger partial charge is 0.252 e. The van der Waals surface area contributed by atoms with Gasteiger partial charge in [0.2, 0.25) is 0 Å². The standard InChI is InChI=1S/C21H25NO3/c1-13(2)20(16-6-8-18-19(12-16)25-10-9-24-18)22-21(23)17-7-5-14(3)11-15(17)4/h5-8,11-13,20H,9-10H2,1-4H3,(H,22,23). The summed E-state index contributed by atoms with van der Waals surface area (Å²) >= 11 is 0. The molecule has 0 spiro atoms. The number of aryl methyl sites for hydroxylation is 2. The van der Waals surface area contributed by atoms with E-state index in [2.05, 4.69) is 19.2 Å². The van der Waals surface area contributed by atoms with E-state index >= 15 is 0 Å². The van der Waals surface area contributed by atoms with E-state index < -0.39 is 0 Å². The summed E-state index contributed by atoms with van der Waals surface area (Å²) in [7, 11) is 0. The van der Waals surface area contributed by atoms with Gasteiger partial charge in [-0.25, -0.2) is 0 Å². The number of hydrogen-bond donors (Lipinski definition) is 1. The number of fused-ring (bicyclic) bond motifs is 1. The van der Waals surface area contributed by atoms with Crippen LogP contribution in [0.2, 0.25) is 0 Å². The maximum atomic E-state index is 12.8. The van der Waals surface area contributed by atoms with Crippen molar-refractivity contribution >= 4 is 5.91 Å². The molecule has 0 radical (unpaired) electrons. The molecular weight excluding hydrogens is 314 g/mol. The summed E-state index contributed by atoms with van der Waals surface area (Å²) in [6, 6.07) is 11.7. The zero-order chi connectivity index (χ0) is 18.0. The van der Waals surface area contributed by atoms with Crippen LogP contribution in [-0.2, 0) is 0 Å². The Morgan fingerprint density at radius 3 is 2.40 bits per heavy atom. The van der Waals surface area contributed by atoms with E-state index in [4.69, 9.17) is 9.47 Å². The van der Waals surface area contributed by atoms with Crippen LogP contribution in [0.25, 0.3) is 0 Å². The summed E-state index contributed by atoms with van der Waals surface area (Å²) in [4.78, 5) is 12.8. The highest BCUT2D eigenvalue weighted by atomic mass is 16.6. The van der Waals surface area contributed by atoms with Crippen LogP contribution in [0.1, 0.15) is 46.9 Å². The minimum atomic E-state index is -0.0935. The van der Waals surface area contributed by atoms with Gasteiger partial charge in [0, 0.05) is 5.56 Å². The minimum Gasteiger partial charge on any atom is -0.486 e. The van der Waals surface area contributed by atoms with Gasteiger partial charge in [0.25, 0.3) is 5.91 Å². The molecule has 1 aliphatic rings. The van der Waals surface area contributed by atoms with Crippen molar-refractivity contribution < 1.29 is 14.3 Å². The van der Waals surface area contributed by atoms with Crippen LogP contribution in [0, 0.1) is 19.8 Å². The van der Waals surface area contributed by atoms with Crippen LogP contribution < -0.4 is 14.8 Å². The van der Waals surface area contributed by atoms with Gasteiger partial charge in [-0.15, -0.1) is 0 Å². The van der Waals surface area contributed by atoms with Crippen LogP contribution >= 0.6 is 0 Å². The molecule has 1 N–H and O–H groups in total. The highest BCUT2D eigenvalue weighted by Crippen LogP contribution is 2.34. The second-order valence-corrected chi connectivity index (χ2v) is 6.92. The minimum absolute atomic E-state index is 0.0499. The lowest BCUT2D eigenvalue weighted by atomic mass is 9.94. The lowest BCUT2D eigenvalue weighted by molar-refractivity contribution is 0.0924. The second kappa shape index (κ2) is 7.18. The molecule has 1 heterocycles. The Kier molecular flexibility index (Phi) is 4.98. The predicted molar refractivity (Wildman–Crippen MR) is 98.4 cm³/mol. The molecule has 0 aromatic heterocycles. The molecule has 0 bridgehead atoms. The van der Waals surface area contributed by atoms with Gasteiger partial charge < -0.3 is 14.8 Å². The number of hydrogen-bond acceptors (Lipinski definition) is 3. The topological polar surface area (TPSA) is 47.6 Å². The molecule has 132 valence electrons. The maximum Gasteiger partial charge on any atom is 0.252 e. The fourth-order valence-electron chi connectivity index (χ4n) is 3.18. The summed E-state index contributed by atoms with van der Waals surface area (Å²) in [5.41, 5.74) is 3.88. The molecule has 1 unspecified atom stereocenters. The van der Waals surface area contributed by atoms with Crippen molar-refractivity contribution in [3.8, 4) is 11.5 Å². The number of ether oxygens (including phenoxy) is 2. The van der Waals surface area contributed by atoms with E-state index in [1.807, 2.05) is 50.2 Å². The van der Waals surface area contributed by atoms with Crippen LogP contribution in [0.4, 0.5) is 0 Å². The van der Waals surface area contributed by atoms with Gasteiger partial charge in [-0.1, -0.05) is 37.6 Å². The summed E-state index contributed by atoms with van der Waals surface area (Å²) in [5.74, 6) is 1.71. The largest absolute Gasteiger partial charge is 0.486 e. The molecule has 2 aromatic rings. The van der Waals surface area contributed by atoms with Crippen molar-refractivity contribution in [2.24, 2.45) is 5.92 Å². The SMILES string of the molecule is Cc1ccc(C(=O)NC(c2ccc3c(c2)OCCO3)C(C)C)c(C)c1. The molecule has 0 fully saturated rings. The number of benzene rings is 2. The maximum absolute atomic E-state index is 12.8. The highest BCUT2D eigenvalue weighted by Gasteiger charge is 2.22. The first-order valence-electron chi connectivity index (χ1n) is 8.73. The zero-order valence-corrected chi connectivity index (χ0v) is 15.3. The lowest BCUT2D eigenvalue weighted by Crippen LogP contribution is -2.32. The zero-order valence-electron chi connectivity index (χ0n) is 15.3. The third-order valence-corrected chi connectivity index (χ3v) is 4.51. The quantitative estimate of drug-likeness (QED) is 0.908. The first kappa shape index (κ1) is 17.3. The molecular formula is C21H25NO3. The number of nitrogens with one attached hydrogen (secondary N) is 1. The molecule has 4 heteroatoms. The van der Waals surface area contributed by atoms with Gasteiger partial charge in [0.1, 0.15) is 13.2 Å². The lowest BCUT2D eigenvalue weighted by Gasteiger charge is -2.25. The van der Waals surface area contributed by atoms with E-state index in [0.29, 0.717) is 18.8 Å². The Balaban J connectivity index is 1.85. The van der Waals surface area contributed by atoms with E-state index in [0.717, 1.165) is 28.2 Å². The number of carbonyl (C=O) groups is 1. The average Bonchev–Trinajstić information content (AvgIpc) is 2.58. The third-order valence-electron chi connectivity index (χ3n) is 4.51. The molecule has 25 heavy (non-hydrogen) atoms. The Morgan fingerprint density at radius 1 is 1.00 bits per heavy atom. The second-order valence-electron chi connectivity index (χ2n) is 6.92. The van der Waals surface area contributed by atoms with Gasteiger partial charge in [-0.3, -0.25) is 4.79 Å². The van der Waals surface area contributed by atoms with Crippen LogP contribution in [-0.4, -0.2) is 19.1 Å². The summed E-state index contributed by atoms with van der Waals surface area (Å²) < 4.78 is 11.3. The number of amides is 1. The molecule has 2 aromatic carbocycles. The van der Waals surface area contributed by atoms with Crippen molar-refractivity contribution in [2.45, 2.75) is 33.7 Å². The Morgan fingerprint density at radius 2 is 1.72 bits per heavy atom. The summed E-state index contributed by atoms with van der Waals surface area (Å²) in [5, 5.41) is 3.18. The Hall–Kier alpha value is -2.49. The first-order valence-corrected chi connectivity index (χ1v) is 8.73. The Bertz CT molecular complexity index is 783. The predicted octanol–water partition coefficient (Wildman–Crippen LogP) is 4.20. The molecule has 4 nitrogen and oxygen atoms in total. The van der Waals surface area contributed by atoms with Crippen molar-refractivity contribution in [1.29, 1.82) is 0 Å². The third kappa shape index (κ3) is 3.78. The van der Waals surface area contributed by atoms with Crippen LogP contribution in [0.5, 0.6) is 11.5 Å².